The Morgan fingerprint density at radius 3 is 2.75 bits per heavy atom. The van der Waals surface area contributed by atoms with E-state index >= 15 is 0 Å². The fourth-order valence-corrected chi connectivity index (χ4v) is 0.385. The topological polar surface area (TPSA) is 18.5 Å². The van der Waals surface area contributed by atoms with E-state index in [2.05, 4.69) is 10.8 Å². The zero-order valence-corrected chi connectivity index (χ0v) is 5.18. The van der Waals surface area contributed by atoms with Crippen LogP contribution >= 0.6 is 0 Å². The van der Waals surface area contributed by atoms with E-state index < -0.39 is 0 Å². The third kappa shape index (κ3) is 3.51. The van der Waals surface area contributed by atoms with E-state index in [1.807, 2.05) is 6.92 Å². The molecule has 0 aromatic carbocycles. The maximum atomic E-state index is 4.83. The van der Waals surface area contributed by atoms with Gasteiger partial charge >= 0.3 is 0 Å². The Kier molecular flexibility index (Phi) is 4.10. The van der Waals surface area contributed by atoms with Gasteiger partial charge < -0.3 is 9.47 Å². The van der Waals surface area contributed by atoms with E-state index in [0.717, 1.165) is 0 Å². The molecule has 2 nitrogen and oxygen atoms in total. The van der Waals surface area contributed by atoms with Crippen molar-refractivity contribution >= 4 is 0 Å². The molecule has 0 heterocycles. The minimum absolute atomic E-state index is 0.00463. The van der Waals surface area contributed by atoms with Crippen LogP contribution in [0.2, 0.25) is 0 Å². The summed E-state index contributed by atoms with van der Waals surface area (Å²) in [7, 11) is 1.61. The quantitative estimate of drug-likeness (QED) is 0.501. The number of hydrogen-bond donors (Lipinski definition) is 0. The highest BCUT2D eigenvalue weighted by Crippen LogP contribution is 1.86. The molecule has 0 aliphatic rings. The number of ether oxygens (including phenoxy) is 2. The van der Waals surface area contributed by atoms with Crippen LogP contribution in [0, 0.1) is 12.5 Å². The summed E-state index contributed by atoms with van der Waals surface area (Å²) >= 11 is 0. The molecule has 8 heavy (non-hydrogen) atoms. The number of methoxy groups -OCH3 is 1. The molecule has 0 aliphatic carbocycles. The molecular formula is C6H10O2. The van der Waals surface area contributed by atoms with Gasteiger partial charge in [-0.3, -0.25) is 0 Å². The molecule has 0 spiro atoms. The molecule has 0 radical (unpaired) electrons. The minimum atomic E-state index is 0.00463. The third-order valence-corrected chi connectivity index (χ3v) is 0.671. The van der Waals surface area contributed by atoms with Gasteiger partial charge in [0.2, 0.25) is 0 Å². The Labute approximate surface area is 49.8 Å². The lowest BCUT2D eigenvalue weighted by Gasteiger charge is -2.05. The first kappa shape index (κ1) is 7.32. The number of rotatable bonds is 3. The fraction of sp³-hybridized carbons (Fsp3) is 0.667. The zero-order chi connectivity index (χ0) is 6.41. The van der Waals surface area contributed by atoms with Crippen molar-refractivity contribution in [2.24, 2.45) is 0 Å². The lowest BCUT2D eigenvalue weighted by molar-refractivity contribution is 0.0745. The number of hydrogen-bond acceptors (Lipinski definition) is 2. The van der Waals surface area contributed by atoms with E-state index in [1.54, 1.807) is 7.11 Å². The first-order valence-electron chi connectivity index (χ1n) is 2.41. The van der Waals surface area contributed by atoms with Crippen LogP contribution in [-0.4, -0.2) is 19.8 Å². The van der Waals surface area contributed by atoms with Crippen LogP contribution in [0.1, 0.15) is 6.92 Å². The molecular weight excluding hydrogens is 104 g/mol. The van der Waals surface area contributed by atoms with Crippen molar-refractivity contribution in [1.29, 1.82) is 0 Å². The predicted octanol–water partition coefficient (Wildman–Crippen LogP) is 0.629. The maximum absolute atomic E-state index is 4.83. The van der Waals surface area contributed by atoms with Crippen LogP contribution < -0.4 is 0 Å². The molecule has 0 aliphatic heterocycles. The molecule has 0 amide bonds. The smallest absolute Gasteiger partial charge is 0.131 e. The van der Waals surface area contributed by atoms with Crippen molar-refractivity contribution in [2.75, 3.05) is 13.7 Å². The molecule has 0 aromatic heterocycles. The highest BCUT2D eigenvalue weighted by Gasteiger charge is 1.96. The Hall–Kier alpha value is -0.680. The van der Waals surface area contributed by atoms with Gasteiger partial charge in [0.15, 0.2) is 0 Å². The van der Waals surface area contributed by atoms with Crippen molar-refractivity contribution in [3.05, 3.63) is 0 Å². The Balaban J connectivity index is 3.08. The second-order valence-corrected chi connectivity index (χ2v) is 1.50. The maximum Gasteiger partial charge on any atom is 0.131 e. The fourth-order valence-electron chi connectivity index (χ4n) is 0.385. The average molecular weight is 114 g/mol. The van der Waals surface area contributed by atoms with Gasteiger partial charge in [0, 0.05) is 7.11 Å². The van der Waals surface area contributed by atoms with Crippen LogP contribution in [0.25, 0.3) is 0 Å². The van der Waals surface area contributed by atoms with Crippen LogP contribution in [0.15, 0.2) is 0 Å². The van der Waals surface area contributed by atoms with Crippen LogP contribution in [-0.2, 0) is 9.47 Å². The Bertz CT molecular complexity index is 83.0. The van der Waals surface area contributed by atoms with Crippen molar-refractivity contribution in [3.63, 3.8) is 0 Å². The minimum Gasteiger partial charge on any atom is -0.441 e. The highest BCUT2D eigenvalue weighted by molar-refractivity contribution is 4.70. The predicted molar refractivity (Wildman–Crippen MR) is 31.3 cm³/mol. The molecule has 0 saturated heterocycles. The third-order valence-electron chi connectivity index (χ3n) is 0.671. The zero-order valence-electron chi connectivity index (χ0n) is 5.18. The molecule has 2 heteroatoms. The van der Waals surface area contributed by atoms with Gasteiger partial charge in [-0.05, 0) is 6.92 Å². The molecule has 0 N–H and O–H groups in total. The van der Waals surface area contributed by atoms with Gasteiger partial charge in [0.1, 0.15) is 12.2 Å². The Morgan fingerprint density at radius 1 is 1.75 bits per heavy atom. The summed E-state index contributed by atoms with van der Waals surface area (Å²) < 4.78 is 9.42. The van der Waals surface area contributed by atoms with Crippen LogP contribution in [0.3, 0.4) is 0 Å². The van der Waals surface area contributed by atoms with E-state index in [1.165, 1.54) is 0 Å². The van der Waals surface area contributed by atoms with Crippen molar-refractivity contribution < 1.29 is 9.47 Å². The summed E-state index contributed by atoms with van der Waals surface area (Å²) in [4.78, 5) is 0. The lowest BCUT2D eigenvalue weighted by atomic mass is 10.4. The molecule has 0 saturated carbocycles. The van der Waals surface area contributed by atoms with Gasteiger partial charge in [-0.15, -0.1) is 0 Å². The normalized spacial score (nSPS) is 12.1. The van der Waals surface area contributed by atoms with Crippen LogP contribution in [0.5, 0.6) is 0 Å². The van der Waals surface area contributed by atoms with Crippen molar-refractivity contribution in [3.8, 4) is 12.5 Å². The van der Waals surface area contributed by atoms with E-state index in [9.17, 15) is 0 Å². The summed E-state index contributed by atoms with van der Waals surface area (Å²) in [6, 6.07) is 0. The monoisotopic (exact) mass is 114 g/mol. The summed E-state index contributed by atoms with van der Waals surface area (Å²) in [5, 5.41) is 0. The van der Waals surface area contributed by atoms with Gasteiger partial charge in [-0.2, -0.15) is 0 Å². The van der Waals surface area contributed by atoms with Gasteiger partial charge in [-0.1, -0.05) is 6.42 Å². The largest absolute Gasteiger partial charge is 0.441 e. The summed E-state index contributed by atoms with van der Waals surface area (Å²) in [5.41, 5.74) is 0. The molecule has 1 unspecified atom stereocenters. The first-order chi connectivity index (χ1) is 3.81. The van der Waals surface area contributed by atoms with E-state index in [0.29, 0.717) is 6.61 Å². The molecule has 1 atom stereocenters. The highest BCUT2D eigenvalue weighted by atomic mass is 16.5. The summed E-state index contributed by atoms with van der Waals surface area (Å²) in [6.45, 7) is 2.40. The van der Waals surface area contributed by atoms with Gasteiger partial charge in [-0.25, -0.2) is 0 Å². The molecule has 46 valence electrons. The SMILES string of the molecule is C#COC(C)COC. The standard InChI is InChI=1S/C6H10O2/c1-4-8-6(2)5-7-3/h1,6H,5H2,2-3H3. The summed E-state index contributed by atoms with van der Waals surface area (Å²) in [5.74, 6) is 0. The van der Waals surface area contributed by atoms with Gasteiger partial charge in [0.25, 0.3) is 0 Å². The summed E-state index contributed by atoms with van der Waals surface area (Å²) in [6.07, 6.45) is 6.91. The second-order valence-electron chi connectivity index (χ2n) is 1.50. The molecule has 0 fully saturated rings. The molecule has 0 bridgehead atoms. The molecule has 0 rings (SSSR count). The van der Waals surface area contributed by atoms with Crippen molar-refractivity contribution in [2.45, 2.75) is 13.0 Å². The lowest BCUT2D eigenvalue weighted by Crippen LogP contribution is -2.11. The van der Waals surface area contributed by atoms with Gasteiger partial charge in [0.05, 0.1) is 6.61 Å². The van der Waals surface area contributed by atoms with E-state index in [-0.39, 0.29) is 6.10 Å². The average Bonchev–Trinajstić information content (AvgIpc) is 1.68. The first-order valence-corrected chi connectivity index (χ1v) is 2.41. The number of terminal acetylenes is 1. The van der Waals surface area contributed by atoms with Crippen LogP contribution in [0.4, 0.5) is 0 Å². The van der Waals surface area contributed by atoms with E-state index in [4.69, 9.17) is 11.2 Å². The van der Waals surface area contributed by atoms with Crippen molar-refractivity contribution in [1.82, 2.24) is 0 Å². The molecule has 0 aromatic rings. The second kappa shape index (κ2) is 4.48. The Morgan fingerprint density at radius 2 is 2.38 bits per heavy atom.